The Morgan fingerprint density at radius 1 is 1.07 bits per heavy atom. The van der Waals surface area contributed by atoms with Crippen LogP contribution >= 0.6 is 0 Å². The number of amides is 2. The van der Waals surface area contributed by atoms with Crippen LogP contribution in [0.3, 0.4) is 0 Å². The summed E-state index contributed by atoms with van der Waals surface area (Å²) in [5.41, 5.74) is -0.423. The van der Waals surface area contributed by atoms with E-state index in [0.29, 0.717) is 0 Å². The van der Waals surface area contributed by atoms with E-state index in [9.17, 15) is 22.8 Å². The third-order valence-corrected chi connectivity index (χ3v) is 3.91. The Balaban J connectivity index is 2.22. The first-order valence-corrected chi connectivity index (χ1v) is 8.42. The van der Waals surface area contributed by atoms with Gasteiger partial charge in [0.2, 0.25) is 5.91 Å². The number of halogens is 3. The van der Waals surface area contributed by atoms with Crippen LogP contribution in [-0.2, 0) is 17.4 Å². The summed E-state index contributed by atoms with van der Waals surface area (Å²) >= 11 is 0. The molecule has 0 aliphatic rings. The van der Waals surface area contributed by atoms with Gasteiger partial charge in [-0.2, -0.15) is 18.4 Å². The number of nitrogens with zero attached hydrogens (tertiary/aromatic N) is 1. The smallest absolute Gasteiger partial charge is 0.340 e. The van der Waals surface area contributed by atoms with Crippen molar-refractivity contribution in [1.29, 1.82) is 5.26 Å². The maximum Gasteiger partial charge on any atom is 0.416 e. The van der Waals surface area contributed by atoms with Gasteiger partial charge in [-0.3, -0.25) is 9.59 Å². The Morgan fingerprint density at radius 3 is 2.36 bits per heavy atom. The molecule has 0 radical (unpaired) electrons. The Bertz CT molecular complexity index is 876. The van der Waals surface area contributed by atoms with E-state index in [1.165, 1.54) is 13.0 Å². The molecule has 0 aliphatic heterocycles. The summed E-state index contributed by atoms with van der Waals surface area (Å²) in [7, 11) is 0. The molecular formula is C20H18F3N3O2. The molecule has 28 heavy (non-hydrogen) atoms. The lowest BCUT2D eigenvalue weighted by molar-refractivity contribution is -0.137. The molecule has 2 aromatic rings. The molecule has 0 aliphatic carbocycles. The van der Waals surface area contributed by atoms with Crippen LogP contribution in [0.25, 0.3) is 0 Å². The first-order valence-electron chi connectivity index (χ1n) is 8.42. The second kappa shape index (κ2) is 9.04. The van der Waals surface area contributed by atoms with E-state index in [-0.39, 0.29) is 12.0 Å². The number of carbonyl (C=O) groups is 2. The zero-order chi connectivity index (χ0) is 20.7. The van der Waals surface area contributed by atoms with E-state index in [1.54, 1.807) is 30.3 Å². The third-order valence-electron chi connectivity index (χ3n) is 3.91. The fourth-order valence-electron chi connectivity index (χ4n) is 2.48. The van der Waals surface area contributed by atoms with Crippen LogP contribution in [0.2, 0.25) is 0 Å². The molecule has 0 aromatic heterocycles. The van der Waals surface area contributed by atoms with Crippen LogP contribution in [0, 0.1) is 11.3 Å². The minimum atomic E-state index is -4.58. The number of nitriles is 1. The van der Waals surface area contributed by atoms with Crippen molar-refractivity contribution in [2.24, 2.45) is 0 Å². The number of benzene rings is 2. The molecule has 8 heteroatoms. The molecule has 0 fully saturated rings. The molecule has 2 rings (SSSR count). The molecule has 0 heterocycles. The lowest BCUT2D eigenvalue weighted by atomic mass is 10.0. The van der Waals surface area contributed by atoms with Crippen LogP contribution in [0.1, 0.15) is 28.4 Å². The van der Waals surface area contributed by atoms with Crippen LogP contribution in [0.15, 0.2) is 54.6 Å². The molecule has 2 N–H and O–H groups in total. The van der Waals surface area contributed by atoms with Gasteiger partial charge < -0.3 is 10.6 Å². The quantitative estimate of drug-likeness (QED) is 0.797. The lowest BCUT2D eigenvalue weighted by Crippen LogP contribution is -2.50. The monoisotopic (exact) mass is 389 g/mol. The highest BCUT2D eigenvalue weighted by atomic mass is 19.4. The van der Waals surface area contributed by atoms with Crippen molar-refractivity contribution in [1.82, 2.24) is 10.6 Å². The predicted molar refractivity (Wildman–Crippen MR) is 96.1 cm³/mol. The van der Waals surface area contributed by atoms with Gasteiger partial charge in [0, 0.05) is 12.0 Å². The molecule has 0 bridgehead atoms. The highest BCUT2D eigenvalue weighted by Crippen LogP contribution is 2.29. The average molecular weight is 389 g/mol. The van der Waals surface area contributed by atoms with Gasteiger partial charge in [0.15, 0.2) is 0 Å². The molecule has 2 unspecified atom stereocenters. The molecule has 146 valence electrons. The van der Waals surface area contributed by atoms with E-state index in [2.05, 4.69) is 10.6 Å². The summed E-state index contributed by atoms with van der Waals surface area (Å²) in [5, 5.41) is 13.8. The molecule has 0 saturated heterocycles. The number of carbonyl (C=O) groups excluding carboxylic acids is 2. The fraction of sp³-hybridized carbons (Fsp3) is 0.250. The molecule has 2 aromatic carbocycles. The largest absolute Gasteiger partial charge is 0.416 e. The van der Waals surface area contributed by atoms with Crippen molar-refractivity contribution >= 4 is 11.8 Å². The van der Waals surface area contributed by atoms with Gasteiger partial charge in [-0.05, 0) is 30.7 Å². The van der Waals surface area contributed by atoms with Crippen molar-refractivity contribution in [3.05, 3.63) is 71.3 Å². The summed E-state index contributed by atoms with van der Waals surface area (Å²) < 4.78 is 38.6. The van der Waals surface area contributed by atoms with Gasteiger partial charge in [0.25, 0.3) is 5.91 Å². The Morgan fingerprint density at radius 2 is 1.75 bits per heavy atom. The van der Waals surface area contributed by atoms with Gasteiger partial charge in [-0.1, -0.05) is 36.4 Å². The maximum absolute atomic E-state index is 12.9. The summed E-state index contributed by atoms with van der Waals surface area (Å²) in [6.45, 7) is 1.48. The molecule has 0 saturated carbocycles. The molecule has 0 spiro atoms. The lowest BCUT2D eigenvalue weighted by Gasteiger charge is -2.20. The normalized spacial score (nSPS) is 13.1. The summed E-state index contributed by atoms with van der Waals surface area (Å²) in [4.78, 5) is 24.9. The number of hydrogen-bond acceptors (Lipinski definition) is 3. The van der Waals surface area contributed by atoms with E-state index in [0.717, 1.165) is 23.8 Å². The van der Waals surface area contributed by atoms with E-state index in [4.69, 9.17) is 5.26 Å². The Hall–Kier alpha value is -3.34. The SMILES string of the molecule is CC(C#N)NC(=O)C(Cc1ccccc1)NC(=O)c1cccc(C(F)(F)F)c1. The van der Waals surface area contributed by atoms with Gasteiger partial charge in [0.1, 0.15) is 12.1 Å². The predicted octanol–water partition coefficient (Wildman–Crippen LogP) is 3.07. The third kappa shape index (κ3) is 5.84. The van der Waals surface area contributed by atoms with Gasteiger partial charge in [-0.15, -0.1) is 0 Å². The Kier molecular flexibility index (Phi) is 6.77. The summed E-state index contributed by atoms with van der Waals surface area (Å²) in [6, 6.07) is 12.8. The van der Waals surface area contributed by atoms with Crippen molar-refractivity contribution in [2.75, 3.05) is 0 Å². The van der Waals surface area contributed by atoms with Crippen LogP contribution in [0.5, 0.6) is 0 Å². The average Bonchev–Trinajstić information content (AvgIpc) is 2.67. The maximum atomic E-state index is 12.9. The van der Waals surface area contributed by atoms with E-state index < -0.39 is 35.6 Å². The van der Waals surface area contributed by atoms with Crippen LogP contribution in [0.4, 0.5) is 13.2 Å². The number of nitrogens with one attached hydrogen (secondary N) is 2. The molecular weight excluding hydrogens is 371 g/mol. The minimum Gasteiger partial charge on any atom is -0.340 e. The molecule has 2 atom stereocenters. The van der Waals surface area contributed by atoms with Gasteiger partial charge >= 0.3 is 6.18 Å². The second-order valence-corrected chi connectivity index (χ2v) is 6.15. The van der Waals surface area contributed by atoms with Crippen molar-refractivity contribution < 1.29 is 22.8 Å². The fourth-order valence-corrected chi connectivity index (χ4v) is 2.48. The first-order chi connectivity index (χ1) is 13.2. The minimum absolute atomic E-state index is 0.121. The first kappa shape index (κ1) is 21.0. The standard InChI is InChI=1S/C20H18F3N3O2/c1-13(12-24)25-19(28)17(10-14-6-3-2-4-7-14)26-18(27)15-8-5-9-16(11-15)20(21,22)23/h2-9,11,13,17H,10H2,1H3,(H,25,28)(H,26,27). The second-order valence-electron chi connectivity index (χ2n) is 6.15. The van der Waals surface area contributed by atoms with E-state index >= 15 is 0 Å². The van der Waals surface area contributed by atoms with Gasteiger partial charge in [0.05, 0.1) is 11.6 Å². The highest BCUT2D eigenvalue weighted by Gasteiger charge is 2.31. The zero-order valence-corrected chi connectivity index (χ0v) is 15.0. The number of alkyl halides is 3. The molecule has 2 amide bonds. The topological polar surface area (TPSA) is 82.0 Å². The van der Waals surface area contributed by atoms with Crippen LogP contribution in [-0.4, -0.2) is 23.9 Å². The van der Waals surface area contributed by atoms with Gasteiger partial charge in [-0.25, -0.2) is 0 Å². The summed E-state index contributed by atoms with van der Waals surface area (Å²) in [5.74, 6) is -1.41. The summed E-state index contributed by atoms with van der Waals surface area (Å²) in [6.07, 6.45) is -4.46. The van der Waals surface area contributed by atoms with Crippen LogP contribution < -0.4 is 10.6 Å². The number of rotatable bonds is 6. The van der Waals surface area contributed by atoms with Crippen molar-refractivity contribution in [3.63, 3.8) is 0 Å². The Labute approximate surface area is 160 Å². The number of hydrogen-bond donors (Lipinski definition) is 2. The van der Waals surface area contributed by atoms with Crippen molar-refractivity contribution in [2.45, 2.75) is 31.6 Å². The van der Waals surface area contributed by atoms with Crippen molar-refractivity contribution in [3.8, 4) is 6.07 Å². The van der Waals surface area contributed by atoms with E-state index in [1.807, 2.05) is 6.07 Å². The molecule has 5 nitrogen and oxygen atoms in total. The zero-order valence-electron chi connectivity index (χ0n) is 15.0. The highest BCUT2D eigenvalue weighted by molar-refractivity contribution is 5.97.